The normalized spacial score (nSPS) is 11.8. The number of ether oxygens (including phenoxy) is 1. The van der Waals surface area contributed by atoms with E-state index in [0.717, 1.165) is 9.87 Å². The summed E-state index contributed by atoms with van der Waals surface area (Å²) in [6.45, 7) is 1.33. The molecule has 0 bridgehead atoms. The van der Waals surface area contributed by atoms with Gasteiger partial charge in [-0.1, -0.05) is 41.4 Å². The third kappa shape index (κ3) is 5.23. The van der Waals surface area contributed by atoms with Gasteiger partial charge in [-0.2, -0.15) is 9.41 Å². The second-order valence-electron chi connectivity index (χ2n) is 5.85. The number of rotatable bonds is 7. The second kappa shape index (κ2) is 9.38. The molecule has 0 saturated carbocycles. The number of aryl methyl sites for hydroxylation is 1. The minimum atomic E-state index is -3.93. The number of halogens is 2. The van der Waals surface area contributed by atoms with Crippen molar-refractivity contribution in [3.8, 4) is 5.75 Å². The van der Waals surface area contributed by atoms with Gasteiger partial charge in [-0.15, -0.1) is 0 Å². The van der Waals surface area contributed by atoms with Gasteiger partial charge in [-0.3, -0.25) is 4.79 Å². The van der Waals surface area contributed by atoms with Gasteiger partial charge in [-0.25, -0.2) is 13.8 Å². The number of hydrogen-bond donors (Lipinski definition) is 1. The Morgan fingerprint density at radius 2 is 2.00 bits per heavy atom. The van der Waals surface area contributed by atoms with E-state index in [1.165, 1.54) is 26.4 Å². The molecule has 7 nitrogen and oxygen atoms in total. The molecule has 150 valence electrons. The first kappa shape index (κ1) is 22.2. The second-order valence-corrected chi connectivity index (χ2v) is 8.65. The highest BCUT2D eigenvalue weighted by Gasteiger charge is 2.26. The molecule has 0 fully saturated rings. The average Bonchev–Trinajstić information content (AvgIpc) is 2.65. The summed E-state index contributed by atoms with van der Waals surface area (Å²) in [6, 6.07) is 9.77. The van der Waals surface area contributed by atoms with Crippen molar-refractivity contribution >= 4 is 45.3 Å². The molecule has 0 aliphatic carbocycles. The van der Waals surface area contributed by atoms with E-state index in [1.54, 1.807) is 37.3 Å². The zero-order valence-electron chi connectivity index (χ0n) is 15.4. The Morgan fingerprint density at radius 3 is 2.68 bits per heavy atom. The van der Waals surface area contributed by atoms with E-state index >= 15 is 0 Å². The summed E-state index contributed by atoms with van der Waals surface area (Å²) in [7, 11) is -1.25. The topological polar surface area (TPSA) is 88.1 Å². The maximum absolute atomic E-state index is 12.8. The molecule has 1 amide bonds. The predicted octanol–water partition coefficient (Wildman–Crippen LogP) is 3.08. The van der Waals surface area contributed by atoms with Gasteiger partial charge in [-0.05, 0) is 30.7 Å². The molecule has 0 aliphatic rings. The number of benzene rings is 2. The number of hydrogen-bond acceptors (Lipinski definition) is 5. The number of carbonyl (C=O) groups excluding carboxylic acids is 1. The first-order valence-corrected chi connectivity index (χ1v) is 10.2. The van der Waals surface area contributed by atoms with Crippen LogP contribution in [0, 0.1) is 6.92 Å². The lowest BCUT2D eigenvalue weighted by Crippen LogP contribution is -2.36. The standard InChI is InChI=1S/C18H19Cl2N3O4S/c1-12-7-8-15(27-3)16(9-12)28(25,26)23(2)11-17(24)22-21-10-13-5-4-6-14(19)18(13)20/h4-10H,11H2,1-3H3,(H,22,24). The maximum Gasteiger partial charge on any atom is 0.255 e. The van der Waals surface area contributed by atoms with Crippen LogP contribution in [0.3, 0.4) is 0 Å². The van der Waals surface area contributed by atoms with E-state index in [2.05, 4.69) is 10.5 Å². The Balaban J connectivity index is 2.08. The molecule has 2 aromatic carbocycles. The molecule has 2 rings (SSSR count). The number of carbonyl (C=O) groups is 1. The molecule has 0 radical (unpaired) electrons. The molecule has 0 aromatic heterocycles. The fourth-order valence-electron chi connectivity index (χ4n) is 2.27. The van der Waals surface area contributed by atoms with E-state index in [-0.39, 0.29) is 10.6 Å². The summed E-state index contributed by atoms with van der Waals surface area (Å²) in [5, 5.41) is 4.44. The van der Waals surface area contributed by atoms with Crippen LogP contribution in [0.5, 0.6) is 5.75 Å². The Kier molecular flexibility index (Phi) is 7.42. The SMILES string of the molecule is COc1ccc(C)cc1S(=O)(=O)N(C)CC(=O)NN=Cc1cccc(Cl)c1Cl. The maximum atomic E-state index is 12.8. The van der Waals surface area contributed by atoms with Gasteiger partial charge in [0.05, 0.1) is 29.9 Å². The van der Waals surface area contributed by atoms with Gasteiger partial charge in [0.1, 0.15) is 10.6 Å². The Bertz CT molecular complexity index is 1010. The summed E-state index contributed by atoms with van der Waals surface area (Å²) in [6.07, 6.45) is 1.32. The van der Waals surface area contributed by atoms with Crippen LogP contribution in [-0.4, -0.2) is 45.5 Å². The fraction of sp³-hybridized carbons (Fsp3) is 0.222. The van der Waals surface area contributed by atoms with Crippen LogP contribution >= 0.6 is 23.2 Å². The highest BCUT2D eigenvalue weighted by atomic mass is 35.5. The Hall–Kier alpha value is -2.13. The number of methoxy groups -OCH3 is 1. The molecule has 0 unspecified atom stereocenters. The Labute approximate surface area is 173 Å². The van der Waals surface area contributed by atoms with Gasteiger partial charge in [0.25, 0.3) is 5.91 Å². The molecule has 10 heteroatoms. The predicted molar refractivity (Wildman–Crippen MR) is 110 cm³/mol. The van der Waals surface area contributed by atoms with Crippen molar-refractivity contribution < 1.29 is 17.9 Å². The third-order valence-electron chi connectivity index (χ3n) is 3.75. The molecular formula is C18H19Cl2N3O4S. The molecule has 0 heterocycles. The van der Waals surface area contributed by atoms with Crippen molar-refractivity contribution in [1.29, 1.82) is 0 Å². The summed E-state index contributed by atoms with van der Waals surface area (Å²) in [4.78, 5) is 12.1. The molecule has 2 aromatic rings. The van der Waals surface area contributed by atoms with Crippen molar-refractivity contribution in [2.45, 2.75) is 11.8 Å². The number of hydrazone groups is 1. The lowest BCUT2D eigenvalue weighted by atomic mass is 10.2. The van der Waals surface area contributed by atoms with Crippen LogP contribution in [0.15, 0.2) is 46.4 Å². The van der Waals surface area contributed by atoms with Gasteiger partial charge in [0.2, 0.25) is 10.0 Å². The molecule has 1 N–H and O–H groups in total. The number of amides is 1. The van der Waals surface area contributed by atoms with Gasteiger partial charge >= 0.3 is 0 Å². The van der Waals surface area contributed by atoms with E-state index in [9.17, 15) is 13.2 Å². The van der Waals surface area contributed by atoms with Crippen LogP contribution in [0.4, 0.5) is 0 Å². The quantitative estimate of drug-likeness (QED) is 0.525. The zero-order valence-corrected chi connectivity index (χ0v) is 17.8. The summed E-state index contributed by atoms with van der Waals surface area (Å²) < 4.78 is 31.6. The van der Waals surface area contributed by atoms with Crippen molar-refractivity contribution in [2.24, 2.45) is 5.10 Å². The van der Waals surface area contributed by atoms with Gasteiger partial charge in [0.15, 0.2) is 0 Å². The molecule has 0 atom stereocenters. The zero-order chi connectivity index (χ0) is 20.9. The van der Waals surface area contributed by atoms with Crippen LogP contribution < -0.4 is 10.2 Å². The molecule has 28 heavy (non-hydrogen) atoms. The van der Waals surface area contributed by atoms with Gasteiger partial charge in [0, 0.05) is 12.6 Å². The van der Waals surface area contributed by atoms with Crippen LogP contribution in [0.2, 0.25) is 10.0 Å². The van der Waals surface area contributed by atoms with Crippen LogP contribution in [-0.2, 0) is 14.8 Å². The van der Waals surface area contributed by atoms with Gasteiger partial charge < -0.3 is 4.74 Å². The fourth-order valence-corrected chi connectivity index (χ4v) is 3.99. The number of nitrogens with zero attached hydrogens (tertiary/aromatic N) is 2. The van der Waals surface area contributed by atoms with E-state index in [4.69, 9.17) is 27.9 Å². The van der Waals surface area contributed by atoms with Crippen LogP contribution in [0.25, 0.3) is 0 Å². The van der Waals surface area contributed by atoms with E-state index < -0.39 is 22.5 Å². The molecule has 0 saturated heterocycles. The van der Waals surface area contributed by atoms with Crippen molar-refractivity contribution in [1.82, 2.24) is 9.73 Å². The average molecular weight is 444 g/mol. The van der Waals surface area contributed by atoms with E-state index in [0.29, 0.717) is 15.6 Å². The monoisotopic (exact) mass is 443 g/mol. The van der Waals surface area contributed by atoms with Crippen LogP contribution in [0.1, 0.15) is 11.1 Å². The lowest BCUT2D eigenvalue weighted by molar-refractivity contribution is -0.121. The number of likely N-dealkylation sites (N-methyl/N-ethyl adjacent to an activating group) is 1. The number of sulfonamides is 1. The first-order chi connectivity index (χ1) is 13.2. The highest BCUT2D eigenvalue weighted by molar-refractivity contribution is 7.89. The smallest absolute Gasteiger partial charge is 0.255 e. The van der Waals surface area contributed by atoms with Crippen molar-refractivity contribution in [3.63, 3.8) is 0 Å². The molecule has 0 spiro atoms. The minimum Gasteiger partial charge on any atom is -0.495 e. The first-order valence-electron chi connectivity index (χ1n) is 8.03. The molecule has 0 aliphatic heterocycles. The lowest BCUT2D eigenvalue weighted by Gasteiger charge is -2.18. The van der Waals surface area contributed by atoms with E-state index in [1.807, 2.05) is 0 Å². The minimum absolute atomic E-state index is 0.0143. The third-order valence-corrected chi connectivity index (χ3v) is 6.41. The largest absolute Gasteiger partial charge is 0.495 e. The summed E-state index contributed by atoms with van der Waals surface area (Å²) in [5.74, 6) is -0.418. The van der Waals surface area contributed by atoms with Crippen molar-refractivity contribution in [2.75, 3.05) is 20.7 Å². The highest BCUT2D eigenvalue weighted by Crippen LogP contribution is 2.27. The van der Waals surface area contributed by atoms with Crippen molar-refractivity contribution in [3.05, 3.63) is 57.6 Å². The summed E-state index contributed by atoms with van der Waals surface area (Å²) >= 11 is 11.9. The number of nitrogens with one attached hydrogen (secondary N) is 1. The molecular weight excluding hydrogens is 425 g/mol. The summed E-state index contributed by atoms with van der Waals surface area (Å²) in [5.41, 5.74) is 3.53. The Morgan fingerprint density at radius 1 is 1.29 bits per heavy atom.